The molecular weight excluding hydrogens is 930 g/mol. The number of benzene rings is 5. The summed E-state index contributed by atoms with van der Waals surface area (Å²) in [7, 11) is -8.56. The molecule has 338 valence electrons. The Labute approximate surface area is 399 Å². The van der Waals surface area contributed by atoms with Gasteiger partial charge in [0.25, 0.3) is 0 Å². The summed E-state index contributed by atoms with van der Waals surface area (Å²) in [5.41, 5.74) is 0.128. The largest absolute Gasteiger partial charge is 0.416 e. The molecule has 0 aromatic heterocycles. The van der Waals surface area contributed by atoms with Crippen LogP contribution in [-0.2, 0) is 12.4 Å². The number of halogens is 8. The van der Waals surface area contributed by atoms with Crippen molar-refractivity contribution < 1.29 is 26.3 Å². The van der Waals surface area contributed by atoms with E-state index in [-0.39, 0.29) is 26.4 Å². The molecule has 0 N–H and O–H groups in total. The minimum absolute atomic E-state index is 0.0556. The average molecular weight is 980 g/mol. The Kier molecular flexibility index (Phi) is 15.8. The molecule has 0 spiro atoms. The Bertz CT molecular complexity index is 2740. The Morgan fingerprint density at radius 2 is 0.742 bits per heavy atom. The normalized spacial score (nSPS) is 13.2. The number of allylic oxidation sites excluding steroid dienone is 4. The average Bonchev–Trinajstić information content (AvgIpc) is 3.24. The van der Waals surface area contributed by atoms with Crippen LogP contribution in [0.3, 0.4) is 0 Å². The lowest BCUT2D eigenvalue weighted by atomic mass is 10.0. The van der Waals surface area contributed by atoms with Gasteiger partial charge in [-0.2, -0.15) is 26.3 Å². The van der Waals surface area contributed by atoms with Crippen molar-refractivity contribution in [2.45, 2.75) is 83.6 Å². The van der Waals surface area contributed by atoms with Crippen LogP contribution in [0.25, 0.3) is 0 Å². The Balaban J connectivity index is 1.90. The van der Waals surface area contributed by atoms with E-state index in [1.54, 1.807) is 0 Å². The van der Waals surface area contributed by atoms with Gasteiger partial charge in [-0.3, -0.25) is 0 Å². The highest BCUT2D eigenvalue weighted by Gasteiger charge is 2.53. The van der Waals surface area contributed by atoms with Gasteiger partial charge in [0.05, 0.1) is 21.2 Å². The molecule has 0 nitrogen and oxygen atoms in total. The van der Waals surface area contributed by atoms with Crippen LogP contribution >= 0.6 is 23.2 Å². The Hall–Kier alpha value is -5.37. The highest BCUT2D eigenvalue weighted by molar-refractivity contribution is 7.11. The van der Waals surface area contributed by atoms with Crippen LogP contribution in [0, 0.1) is 47.0 Å². The zero-order chi connectivity index (χ0) is 48.8. The highest BCUT2D eigenvalue weighted by Crippen LogP contribution is 2.44. The van der Waals surface area contributed by atoms with E-state index in [1.165, 1.54) is 0 Å². The van der Waals surface area contributed by atoms with Gasteiger partial charge >= 0.3 is 12.4 Å². The first-order chi connectivity index (χ1) is 30.7. The van der Waals surface area contributed by atoms with E-state index in [0.717, 1.165) is 25.9 Å². The molecular formula is C55H50Cl2F6Si3. The van der Waals surface area contributed by atoms with Crippen molar-refractivity contribution in [2.24, 2.45) is 0 Å². The molecule has 5 rings (SSSR count). The third kappa shape index (κ3) is 11.4. The van der Waals surface area contributed by atoms with Gasteiger partial charge < -0.3 is 0 Å². The summed E-state index contributed by atoms with van der Waals surface area (Å²) >= 11 is 14.7. The molecule has 11 heteroatoms. The van der Waals surface area contributed by atoms with Crippen molar-refractivity contribution in [3.8, 4) is 47.0 Å². The first-order valence-corrected chi connectivity index (χ1v) is 29.4. The molecule has 5 aromatic carbocycles. The van der Waals surface area contributed by atoms with Gasteiger partial charge in [0, 0.05) is 16.0 Å². The van der Waals surface area contributed by atoms with E-state index in [0.29, 0.717) is 12.1 Å². The van der Waals surface area contributed by atoms with Crippen LogP contribution in [-0.4, -0.2) is 24.2 Å². The third-order valence-electron chi connectivity index (χ3n) is 11.2. The summed E-state index contributed by atoms with van der Waals surface area (Å²) < 4.78 is 84.2. The molecule has 0 heterocycles. The lowest BCUT2D eigenvalue weighted by Gasteiger charge is -2.44. The van der Waals surface area contributed by atoms with Crippen LogP contribution in [0.1, 0.15) is 58.2 Å². The van der Waals surface area contributed by atoms with Crippen molar-refractivity contribution in [3.05, 3.63) is 177 Å². The second kappa shape index (κ2) is 20.2. The molecule has 5 aromatic rings. The SMILES string of the molecule is CC(C)(C)[Si](/C(C#Cc1cc(C(F)(F)F)cc(C(F)(F)F)c1)=C(/Cl)C#CC#C/C(Cl)=C(/C#C[Si](C)(C)C)[Si](c1ccccc1)(c1ccccc1)C(C)(C)C)(c1ccccc1)c1ccccc1. The maximum Gasteiger partial charge on any atom is 0.416 e. The Morgan fingerprint density at radius 3 is 1.02 bits per heavy atom. The fraction of sp³-hybridized carbons (Fsp3) is 0.236. The smallest absolute Gasteiger partial charge is 0.166 e. The summed E-state index contributed by atoms with van der Waals surface area (Å²) in [5.74, 6) is 21.2. The minimum Gasteiger partial charge on any atom is -0.166 e. The zero-order valence-electron chi connectivity index (χ0n) is 38.3. The number of rotatable bonds is 6. The number of alkyl halides is 6. The maximum absolute atomic E-state index is 14.0. The first kappa shape index (κ1) is 51.6. The van der Waals surface area contributed by atoms with E-state index < -0.39 is 58.3 Å². The lowest BCUT2D eigenvalue weighted by molar-refractivity contribution is -0.143. The standard InChI is InChI=1S/C55H50Cl2F6Si3/c1-52(2,3)65(44-24-14-10-15-25-44,45-26-16-11-17-27-45)50(35-34-41-38-42(54(58,59)60)40-43(39-41)55(61,62)63)48(56)32-22-23-33-49(57)51(36-37-64(7,8)9)66(53(4,5)6,46-28-18-12-19-29-46)47-30-20-13-21-31-47/h10-21,24-31,38-40H,1-9H3/b50-48+,51-49+. The van der Waals surface area contributed by atoms with Gasteiger partial charge in [-0.05, 0) is 72.7 Å². The Morgan fingerprint density at radius 1 is 0.439 bits per heavy atom. The molecule has 66 heavy (non-hydrogen) atoms. The van der Waals surface area contributed by atoms with Gasteiger partial charge in [-0.15, -0.1) is 5.54 Å². The van der Waals surface area contributed by atoms with Crippen molar-refractivity contribution in [1.82, 2.24) is 0 Å². The third-order valence-corrected chi connectivity index (χ3v) is 24.5. The topological polar surface area (TPSA) is 0 Å². The van der Waals surface area contributed by atoms with Crippen molar-refractivity contribution in [2.75, 3.05) is 0 Å². The van der Waals surface area contributed by atoms with Crippen LogP contribution in [0.2, 0.25) is 29.7 Å². The molecule has 0 atom stereocenters. The van der Waals surface area contributed by atoms with Crippen molar-refractivity contribution in [3.63, 3.8) is 0 Å². The van der Waals surface area contributed by atoms with E-state index in [2.05, 4.69) is 112 Å². The molecule has 0 aliphatic carbocycles. The molecule has 0 radical (unpaired) electrons. The molecule has 0 amide bonds. The highest BCUT2D eigenvalue weighted by atomic mass is 35.5. The van der Waals surface area contributed by atoms with E-state index in [1.807, 2.05) is 118 Å². The van der Waals surface area contributed by atoms with Crippen LogP contribution < -0.4 is 20.7 Å². The predicted molar refractivity (Wildman–Crippen MR) is 271 cm³/mol. The number of hydrogen-bond donors (Lipinski definition) is 0. The van der Waals surface area contributed by atoms with Crippen molar-refractivity contribution >= 4 is 68.2 Å². The molecule has 0 fully saturated rings. The van der Waals surface area contributed by atoms with Crippen LogP contribution in [0.4, 0.5) is 26.3 Å². The molecule has 0 saturated heterocycles. The molecule has 0 bridgehead atoms. The lowest BCUT2D eigenvalue weighted by Crippen LogP contribution is -2.66. The van der Waals surface area contributed by atoms with Gasteiger partial charge in [0.1, 0.15) is 8.07 Å². The van der Waals surface area contributed by atoms with E-state index in [9.17, 15) is 26.3 Å². The summed E-state index contributed by atoms with van der Waals surface area (Å²) in [4.78, 5) is 0. The minimum atomic E-state index is -5.07. The van der Waals surface area contributed by atoms with E-state index >= 15 is 0 Å². The second-order valence-corrected chi connectivity index (χ2v) is 33.7. The summed E-state index contributed by atoms with van der Waals surface area (Å²) in [6, 6.07) is 40.8. The monoisotopic (exact) mass is 978 g/mol. The summed E-state index contributed by atoms with van der Waals surface area (Å²) in [6.45, 7) is 19.1. The maximum atomic E-state index is 14.0. The summed E-state index contributed by atoms with van der Waals surface area (Å²) in [5, 5.41) is 4.11. The quantitative estimate of drug-likeness (QED) is 0.0904. The summed E-state index contributed by atoms with van der Waals surface area (Å²) in [6.07, 6.45) is -10.1. The van der Waals surface area contributed by atoms with Gasteiger partial charge in [-0.1, -0.05) is 223 Å². The first-order valence-electron chi connectivity index (χ1n) is 21.1. The van der Waals surface area contributed by atoms with E-state index in [4.69, 9.17) is 23.2 Å². The number of hydrogen-bond acceptors (Lipinski definition) is 0. The van der Waals surface area contributed by atoms with Gasteiger partial charge in [0.2, 0.25) is 0 Å². The van der Waals surface area contributed by atoms with Gasteiger partial charge in [0.15, 0.2) is 16.1 Å². The molecule has 0 aliphatic heterocycles. The molecule has 0 saturated carbocycles. The second-order valence-electron chi connectivity index (χ2n) is 18.9. The van der Waals surface area contributed by atoms with Crippen LogP contribution in [0.5, 0.6) is 0 Å². The van der Waals surface area contributed by atoms with Crippen LogP contribution in [0.15, 0.2) is 160 Å². The fourth-order valence-electron chi connectivity index (χ4n) is 8.48. The molecule has 0 unspecified atom stereocenters. The molecule has 0 aliphatic rings. The zero-order valence-corrected chi connectivity index (χ0v) is 42.8. The fourth-order valence-corrected chi connectivity index (χ4v) is 21.0. The predicted octanol–water partition coefficient (Wildman–Crippen LogP) is 13.2. The van der Waals surface area contributed by atoms with Gasteiger partial charge in [-0.25, -0.2) is 0 Å². The van der Waals surface area contributed by atoms with Crippen molar-refractivity contribution in [1.29, 1.82) is 0 Å².